The first-order valence-corrected chi connectivity index (χ1v) is 2.41. The van der Waals surface area contributed by atoms with Gasteiger partial charge in [0, 0.05) is 0 Å². The maximum absolute atomic E-state index is 2.04. The van der Waals surface area contributed by atoms with E-state index in [4.69, 9.17) is 0 Å². The molecule has 3 heteroatoms. The van der Waals surface area contributed by atoms with Crippen LogP contribution in [0.3, 0.4) is 0 Å². The Balaban J connectivity index is 0. The number of hydrogen-bond acceptors (Lipinski definition) is 1. The molecule has 1 aromatic heterocycles. The number of rotatable bonds is 0. The fourth-order valence-electron chi connectivity index (χ4n) is 0.227. The molecule has 0 saturated heterocycles. The monoisotopic (exact) mass is 164 g/mol. The second-order valence-electron chi connectivity index (χ2n) is 0.793. The minimum Gasteiger partial charge on any atom is -0.152 e. The van der Waals surface area contributed by atoms with Crippen LogP contribution in [0.5, 0.6) is 0 Å². The van der Waals surface area contributed by atoms with E-state index in [2.05, 4.69) is 0 Å². The topological polar surface area (TPSA) is 0 Å². The van der Waals surface area contributed by atoms with Gasteiger partial charge < -0.3 is 0 Å². The van der Waals surface area contributed by atoms with Crippen molar-refractivity contribution in [3.05, 3.63) is 22.9 Å². The summed E-state index contributed by atoms with van der Waals surface area (Å²) >= 11 is 1.71. The number of hydrogen-bond donors (Lipinski definition) is 0. The van der Waals surface area contributed by atoms with Crippen LogP contribution in [0.2, 0.25) is 0 Å². The normalized spacial score (nSPS) is 5.71. The Labute approximate surface area is 133 Å². The summed E-state index contributed by atoms with van der Waals surface area (Å²) in [4.78, 5) is 0. The van der Waals surface area contributed by atoms with E-state index >= 15 is 0 Å². The van der Waals surface area contributed by atoms with Gasteiger partial charge in [0.25, 0.3) is 0 Å². The molecule has 0 aliphatic rings. The van der Waals surface area contributed by atoms with Gasteiger partial charge in [-0.05, 0) is 10.8 Å². The predicted molar refractivity (Wildman–Crippen MR) is 38.6 cm³/mol. The van der Waals surface area contributed by atoms with Crippen molar-refractivity contribution in [2.45, 2.75) is 0 Å². The molecule has 0 nitrogen and oxygen atoms in total. The van der Waals surface area contributed by atoms with Crippen molar-refractivity contribution < 1.29 is 0 Å². The molecule has 0 saturated carbocycles. The van der Waals surface area contributed by atoms with Gasteiger partial charge in [-0.25, -0.2) is 0 Å². The molecule has 0 radical (unpaired) electrons. The van der Waals surface area contributed by atoms with Crippen LogP contribution < -0.4 is 0 Å². The van der Waals surface area contributed by atoms with Gasteiger partial charge >= 0.3 is 103 Å². The largest absolute Gasteiger partial charge is 0.152 e. The van der Waals surface area contributed by atoms with Gasteiger partial charge in [-0.3, -0.25) is 0 Å². The maximum Gasteiger partial charge on any atom is -0.00934 e. The van der Waals surface area contributed by atoms with Gasteiger partial charge in [0.2, 0.25) is 0 Å². The summed E-state index contributed by atoms with van der Waals surface area (Å²) in [5.41, 5.74) is 0. The molecule has 0 fully saturated rings. The van der Waals surface area contributed by atoms with E-state index in [0.717, 1.165) is 0 Å². The molecule has 7 heavy (non-hydrogen) atoms. The van der Waals surface area contributed by atoms with Crippen LogP contribution in [-0.2, 0) is 0 Å². The third-order valence-electron chi connectivity index (χ3n) is 0.425. The summed E-state index contributed by atoms with van der Waals surface area (Å²) in [6.07, 6.45) is 0. The fraction of sp³-hybridized carbons (Fsp3) is 0. The molecule has 0 spiro atoms. The molecule has 0 aromatic carbocycles. The average Bonchev–Trinajstić information content (AvgIpc) is 1.76. The van der Waals surface area contributed by atoms with E-state index in [1.165, 1.54) is 0 Å². The summed E-state index contributed by atoms with van der Waals surface area (Å²) in [7, 11) is 0. The van der Waals surface area contributed by atoms with Crippen LogP contribution >= 0.6 is 11.3 Å². The predicted octanol–water partition coefficient (Wildman–Crippen LogP) is 0.451. The quantitative estimate of drug-likeness (QED) is 0.489. The van der Waals surface area contributed by atoms with E-state index in [1.54, 1.807) is 11.3 Å². The Morgan fingerprint density at radius 2 is 1.29 bits per heavy atom. The van der Waals surface area contributed by atoms with Crippen molar-refractivity contribution in [3.8, 4) is 0 Å². The molecule has 1 rings (SSSR count). The summed E-state index contributed by atoms with van der Waals surface area (Å²) in [5, 5.41) is 4.08. The third-order valence-corrected chi connectivity index (χ3v) is 1.05. The van der Waals surface area contributed by atoms with E-state index in [-0.39, 0.29) is 103 Å². The molecule has 0 atom stereocenters. The van der Waals surface area contributed by atoms with Crippen molar-refractivity contribution in [2.24, 2.45) is 0 Å². The Kier molecular flexibility index (Phi) is 16.2. The van der Waals surface area contributed by atoms with Crippen molar-refractivity contribution in [1.29, 1.82) is 0 Å². The molecule has 0 bridgehead atoms. The molecule has 0 aliphatic carbocycles. The van der Waals surface area contributed by atoms with Crippen LogP contribution in [0.25, 0.3) is 0 Å². The molecule has 30 valence electrons. The zero-order chi connectivity index (χ0) is 3.54. The Hall–Kier alpha value is 2.97. The SMILES string of the molecule is [KH].[KH].c1ccsc1. The average molecular weight is 164 g/mol. The van der Waals surface area contributed by atoms with E-state index in [1.807, 2.05) is 22.9 Å². The Bertz CT molecular complexity index is 66.2. The zero-order valence-electron chi connectivity index (χ0n) is 2.72. The van der Waals surface area contributed by atoms with Gasteiger partial charge in [0.05, 0.1) is 0 Å². The van der Waals surface area contributed by atoms with Crippen LogP contribution in [0.15, 0.2) is 22.9 Å². The second-order valence-corrected chi connectivity index (χ2v) is 1.61. The van der Waals surface area contributed by atoms with Crippen LogP contribution in [0.4, 0.5) is 0 Å². The van der Waals surface area contributed by atoms with Gasteiger partial charge in [-0.2, -0.15) is 11.3 Å². The summed E-state index contributed by atoms with van der Waals surface area (Å²) in [6.45, 7) is 0. The molecule has 1 heterocycles. The van der Waals surface area contributed by atoms with Crippen molar-refractivity contribution in [1.82, 2.24) is 0 Å². The van der Waals surface area contributed by atoms with Crippen LogP contribution in [0.1, 0.15) is 0 Å². The molecule has 0 N–H and O–H groups in total. The van der Waals surface area contributed by atoms with E-state index < -0.39 is 0 Å². The molecule has 1 aromatic rings. The van der Waals surface area contributed by atoms with Gasteiger partial charge in [-0.15, -0.1) is 0 Å². The summed E-state index contributed by atoms with van der Waals surface area (Å²) in [6, 6.07) is 4.04. The van der Waals surface area contributed by atoms with Crippen LogP contribution in [-0.4, -0.2) is 103 Å². The minimum atomic E-state index is 0. The third kappa shape index (κ3) is 6.86. The molecule has 0 aliphatic heterocycles. The first-order chi connectivity index (χ1) is 2.50. The summed E-state index contributed by atoms with van der Waals surface area (Å²) < 4.78 is 0. The van der Waals surface area contributed by atoms with E-state index in [9.17, 15) is 0 Å². The van der Waals surface area contributed by atoms with Gasteiger partial charge in [-0.1, -0.05) is 12.1 Å². The second kappa shape index (κ2) is 8.97. The van der Waals surface area contributed by atoms with Crippen LogP contribution in [0, 0.1) is 0 Å². The first kappa shape index (κ1) is 12.6. The fourth-order valence-corrected chi connectivity index (χ4v) is 0.680. The maximum atomic E-state index is 2.04. The van der Waals surface area contributed by atoms with E-state index in [0.29, 0.717) is 0 Å². The van der Waals surface area contributed by atoms with Crippen molar-refractivity contribution in [3.63, 3.8) is 0 Å². The van der Waals surface area contributed by atoms with Gasteiger partial charge in [0.1, 0.15) is 0 Å². The first-order valence-electron chi connectivity index (χ1n) is 1.47. The standard InChI is InChI=1S/C4H4S.2K.2H/c1-2-4-5-3-1;;;;/h1-4H;;;;. The Morgan fingerprint density at radius 1 is 0.857 bits per heavy atom. The minimum absolute atomic E-state index is 0. The summed E-state index contributed by atoms with van der Waals surface area (Å²) in [5.74, 6) is 0. The van der Waals surface area contributed by atoms with Crippen molar-refractivity contribution in [2.75, 3.05) is 0 Å². The molecule has 0 unspecified atom stereocenters. The smallest absolute Gasteiger partial charge is 0.00934 e. The zero-order valence-corrected chi connectivity index (χ0v) is 3.53. The molecule has 0 amide bonds. The molecular weight excluding hydrogens is 158 g/mol. The Morgan fingerprint density at radius 3 is 1.43 bits per heavy atom. The molecular formula is C4H6K2S. The van der Waals surface area contributed by atoms with Gasteiger partial charge in [0.15, 0.2) is 0 Å². The number of thiophene rings is 1. The van der Waals surface area contributed by atoms with Crippen molar-refractivity contribution >= 4 is 114 Å².